The molecule has 1 atom stereocenters. The molecule has 1 aromatic carbocycles. The summed E-state index contributed by atoms with van der Waals surface area (Å²) in [5.74, 6) is 0. The summed E-state index contributed by atoms with van der Waals surface area (Å²) >= 11 is 5.85. The molecule has 1 unspecified atom stereocenters. The van der Waals surface area contributed by atoms with Gasteiger partial charge in [-0.1, -0.05) is 29.8 Å². The Morgan fingerprint density at radius 1 is 1.57 bits per heavy atom. The molecule has 14 heavy (non-hydrogen) atoms. The largest absolute Gasteiger partial charge is 0.386 e. The SMILES string of the molecule is C=CC(C)(O)CCc1cccc(Cl)c1. The number of rotatable bonds is 4. The molecule has 2 heteroatoms. The Balaban J connectivity index is 2.58. The number of benzene rings is 1. The predicted octanol–water partition coefficient (Wildman–Crippen LogP) is 3.21. The van der Waals surface area contributed by atoms with Crippen molar-refractivity contribution in [3.05, 3.63) is 47.5 Å². The highest BCUT2D eigenvalue weighted by molar-refractivity contribution is 6.30. The first kappa shape index (κ1) is 11.3. The molecule has 1 N–H and O–H groups in total. The molecule has 76 valence electrons. The predicted molar refractivity (Wildman–Crippen MR) is 60.6 cm³/mol. The summed E-state index contributed by atoms with van der Waals surface area (Å²) in [6, 6.07) is 7.68. The maximum absolute atomic E-state index is 9.70. The molecule has 0 aliphatic rings. The van der Waals surface area contributed by atoms with Crippen LogP contribution in [0, 0.1) is 0 Å². The Morgan fingerprint density at radius 2 is 2.29 bits per heavy atom. The standard InChI is InChI=1S/C12H15ClO/c1-3-12(2,14)8-7-10-5-4-6-11(13)9-10/h3-6,9,14H,1,7-8H2,2H3. The highest BCUT2D eigenvalue weighted by Gasteiger charge is 2.14. The molecule has 1 nitrogen and oxygen atoms in total. The van der Waals surface area contributed by atoms with Crippen molar-refractivity contribution in [2.24, 2.45) is 0 Å². The fraction of sp³-hybridized carbons (Fsp3) is 0.333. The van der Waals surface area contributed by atoms with Gasteiger partial charge in [-0.25, -0.2) is 0 Å². The summed E-state index contributed by atoms with van der Waals surface area (Å²) in [4.78, 5) is 0. The Kier molecular flexibility index (Phi) is 3.73. The molecule has 0 heterocycles. The summed E-state index contributed by atoms with van der Waals surface area (Å²) in [7, 11) is 0. The van der Waals surface area contributed by atoms with Crippen molar-refractivity contribution < 1.29 is 5.11 Å². The van der Waals surface area contributed by atoms with Crippen LogP contribution < -0.4 is 0 Å². The second-order valence-electron chi connectivity index (χ2n) is 3.69. The van der Waals surface area contributed by atoms with Crippen molar-refractivity contribution in [2.45, 2.75) is 25.4 Å². The number of hydrogen-bond donors (Lipinski definition) is 1. The third kappa shape index (κ3) is 3.52. The molecule has 0 amide bonds. The van der Waals surface area contributed by atoms with Gasteiger partial charge in [0.05, 0.1) is 5.60 Å². The van der Waals surface area contributed by atoms with E-state index in [4.69, 9.17) is 11.6 Å². The van der Waals surface area contributed by atoms with E-state index >= 15 is 0 Å². The molecule has 0 fully saturated rings. The van der Waals surface area contributed by atoms with Gasteiger partial charge in [-0.3, -0.25) is 0 Å². The first-order valence-electron chi connectivity index (χ1n) is 4.64. The molecule has 0 bridgehead atoms. The molecule has 0 saturated carbocycles. The number of aryl methyl sites for hydroxylation is 1. The van der Waals surface area contributed by atoms with E-state index < -0.39 is 5.60 Å². The first-order chi connectivity index (χ1) is 6.53. The van der Waals surface area contributed by atoms with Gasteiger partial charge in [-0.05, 0) is 37.5 Å². The molecule has 0 saturated heterocycles. The van der Waals surface area contributed by atoms with Crippen LogP contribution >= 0.6 is 11.6 Å². The Bertz CT molecular complexity index is 318. The minimum absolute atomic E-state index is 0.664. The van der Waals surface area contributed by atoms with Crippen LogP contribution in [0.2, 0.25) is 5.02 Å². The van der Waals surface area contributed by atoms with Crippen molar-refractivity contribution in [3.63, 3.8) is 0 Å². The van der Waals surface area contributed by atoms with E-state index in [0.29, 0.717) is 6.42 Å². The van der Waals surface area contributed by atoms with Crippen LogP contribution in [0.1, 0.15) is 18.9 Å². The maximum Gasteiger partial charge on any atom is 0.0800 e. The van der Waals surface area contributed by atoms with E-state index in [1.165, 1.54) is 0 Å². The molecule has 1 aromatic rings. The normalized spacial score (nSPS) is 14.8. The molecule has 1 rings (SSSR count). The number of hydrogen-bond acceptors (Lipinski definition) is 1. The first-order valence-corrected chi connectivity index (χ1v) is 5.02. The van der Waals surface area contributed by atoms with Crippen molar-refractivity contribution in [2.75, 3.05) is 0 Å². The number of halogens is 1. The highest BCUT2D eigenvalue weighted by atomic mass is 35.5. The van der Waals surface area contributed by atoms with Gasteiger partial charge in [0, 0.05) is 5.02 Å². The Morgan fingerprint density at radius 3 is 2.86 bits per heavy atom. The van der Waals surface area contributed by atoms with Crippen molar-refractivity contribution in [3.8, 4) is 0 Å². The van der Waals surface area contributed by atoms with Gasteiger partial charge >= 0.3 is 0 Å². The molecule has 0 spiro atoms. The van der Waals surface area contributed by atoms with Crippen molar-refractivity contribution in [1.29, 1.82) is 0 Å². The smallest absolute Gasteiger partial charge is 0.0800 e. The Hall–Kier alpha value is -0.790. The average Bonchev–Trinajstić information content (AvgIpc) is 2.15. The molecule has 0 aliphatic carbocycles. The zero-order chi connectivity index (χ0) is 10.6. The van der Waals surface area contributed by atoms with E-state index in [2.05, 4.69) is 6.58 Å². The minimum atomic E-state index is -0.789. The van der Waals surface area contributed by atoms with Crippen LogP contribution in [0.15, 0.2) is 36.9 Å². The fourth-order valence-corrected chi connectivity index (χ4v) is 1.40. The van der Waals surface area contributed by atoms with E-state index in [9.17, 15) is 5.11 Å². The molecular formula is C12H15ClO. The van der Waals surface area contributed by atoms with E-state index in [1.54, 1.807) is 13.0 Å². The van der Waals surface area contributed by atoms with Gasteiger partial charge in [0.15, 0.2) is 0 Å². The van der Waals surface area contributed by atoms with Crippen LogP contribution in [-0.2, 0) is 6.42 Å². The summed E-state index contributed by atoms with van der Waals surface area (Å²) in [6.07, 6.45) is 3.04. The van der Waals surface area contributed by atoms with Crippen LogP contribution in [0.5, 0.6) is 0 Å². The third-order valence-electron chi connectivity index (χ3n) is 2.25. The van der Waals surface area contributed by atoms with Crippen LogP contribution in [0.25, 0.3) is 0 Å². The van der Waals surface area contributed by atoms with Gasteiger partial charge in [-0.2, -0.15) is 0 Å². The second-order valence-corrected chi connectivity index (χ2v) is 4.13. The summed E-state index contributed by atoms with van der Waals surface area (Å²) in [5, 5.41) is 10.4. The van der Waals surface area contributed by atoms with Gasteiger partial charge in [-0.15, -0.1) is 6.58 Å². The number of aliphatic hydroxyl groups is 1. The fourth-order valence-electron chi connectivity index (χ4n) is 1.19. The van der Waals surface area contributed by atoms with Crippen LogP contribution in [0.3, 0.4) is 0 Å². The van der Waals surface area contributed by atoms with Crippen LogP contribution in [0.4, 0.5) is 0 Å². The van der Waals surface area contributed by atoms with E-state index in [0.717, 1.165) is 17.0 Å². The summed E-state index contributed by atoms with van der Waals surface area (Å²) in [5.41, 5.74) is 0.349. The maximum atomic E-state index is 9.70. The zero-order valence-electron chi connectivity index (χ0n) is 8.33. The van der Waals surface area contributed by atoms with Crippen LogP contribution in [-0.4, -0.2) is 10.7 Å². The van der Waals surface area contributed by atoms with Gasteiger partial charge in [0.1, 0.15) is 0 Å². The van der Waals surface area contributed by atoms with E-state index in [-0.39, 0.29) is 0 Å². The zero-order valence-corrected chi connectivity index (χ0v) is 9.09. The molecule has 0 radical (unpaired) electrons. The van der Waals surface area contributed by atoms with Gasteiger partial charge < -0.3 is 5.11 Å². The average molecular weight is 211 g/mol. The van der Waals surface area contributed by atoms with E-state index in [1.807, 2.05) is 24.3 Å². The highest BCUT2D eigenvalue weighted by Crippen LogP contribution is 2.17. The third-order valence-corrected chi connectivity index (χ3v) is 2.48. The lowest BCUT2D eigenvalue weighted by molar-refractivity contribution is 0.103. The monoisotopic (exact) mass is 210 g/mol. The lowest BCUT2D eigenvalue weighted by Gasteiger charge is -2.17. The topological polar surface area (TPSA) is 20.2 Å². The van der Waals surface area contributed by atoms with Gasteiger partial charge in [0.2, 0.25) is 0 Å². The quantitative estimate of drug-likeness (QED) is 0.757. The van der Waals surface area contributed by atoms with Crippen molar-refractivity contribution in [1.82, 2.24) is 0 Å². The van der Waals surface area contributed by atoms with Gasteiger partial charge in [0.25, 0.3) is 0 Å². The Labute approximate surface area is 90.0 Å². The van der Waals surface area contributed by atoms with Crippen molar-refractivity contribution >= 4 is 11.6 Å². The molecule has 0 aromatic heterocycles. The lowest BCUT2D eigenvalue weighted by Crippen LogP contribution is -2.20. The molecule has 0 aliphatic heterocycles. The minimum Gasteiger partial charge on any atom is -0.386 e. The second kappa shape index (κ2) is 4.63. The molecular weight excluding hydrogens is 196 g/mol. The summed E-state index contributed by atoms with van der Waals surface area (Å²) in [6.45, 7) is 5.34. The lowest BCUT2D eigenvalue weighted by atomic mass is 9.97. The summed E-state index contributed by atoms with van der Waals surface area (Å²) < 4.78 is 0.